The van der Waals surface area contributed by atoms with Crippen LogP contribution < -0.4 is 15.2 Å². The number of hydrogen-bond acceptors (Lipinski definition) is 3. The summed E-state index contributed by atoms with van der Waals surface area (Å²) in [6.45, 7) is 6.37. The predicted molar refractivity (Wildman–Crippen MR) is 59.7 cm³/mol. The van der Waals surface area contributed by atoms with Gasteiger partial charge >= 0.3 is 0 Å². The zero-order valence-electron chi connectivity index (χ0n) is 9.08. The fourth-order valence-corrected chi connectivity index (χ4v) is 1.43. The van der Waals surface area contributed by atoms with Crippen LogP contribution in [0.5, 0.6) is 5.75 Å². The maximum atomic E-state index is 5.14. The van der Waals surface area contributed by atoms with Crippen LogP contribution in [0.3, 0.4) is 0 Å². The summed E-state index contributed by atoms with van der Waals surface area (Å²) in [7, 11) is 1.75. The maximum Gasteiger partial charge on any atom is 0.147 e. The molecule has 0 heterocycles. The summed E-state index contributed by atoms with van der Waals surface area (Å²) in [6, 6.07) is 8.06. The molecule has 1 aromatic rings. The first kappa shape index (κ1) is 10.9. The summed E-state index contributed by atoms with van der Waals surface area (Å²) in [4.78, 5) is 7.43. The lowest BCUT2D eigenvalue weighted by molar-refractivity contribution is 0.224. The van der Waals surface area contributed by atoms with Crippen molar-refractivity contribution in [1.82, 2.24) is 5.48 Å². The molecule has 0 aromatic heterocycles. The maximum absolute atomic E-state index is 5.14. The molecule has 0 saturated carbocycles. The van der Waals surface area contributed by atoms with E-state index >= 15 is 0 Å². The van der Waals surface area contributed by atoms with E-state index in [-0.39, 0.29) is 0 Å². The highest BCUT2D eigenvalue weighted by molar-refractivity contribution is 5.48. The molecule has 0 atom stereocenters. The van der Waals surface area contributed by atoms with Gasteiger partial charge < -0.3 is 9.74 Å². The Labute approximate surface area is 85.6 Å². The third kappa shape index (κ3) is 2.64. The fraction of sp³-hybridized carbons (Fsp3) is 0.455. The molecule has 0 spiro atoms. The van der Waals surface area contributed by atoms with Gasteiger partial charge in [0.15, 0.2) is 0 Å². The molecule has 0 fully saturated rings. The van der Waals surface area contributed by atoms with Crippen LogP contribution in [-0.2, 0) is 0 Å². The largest absolute Gasteiger partial charge is 0.409 e. The van der Waals surface area contributed by atoms with E-state index in [4.69, 9.17) is 4.84 Å². The summed E-state index contributed by atoms with van der Waals surface area (Å²) < 4.78 is 0. The predicted octanol–water partition coefficient (Wildman–Crippen LogP) is 2.05. The van der Waals surface area contributed by atoms with Gasteiger partial charge in [0.1, 0.15) is 5.75 Å². The van der Waals surface area contributed by atoms with Crippen LogP contribution in [0.1, 0.15) is 13.8 Å². The van der Waals surface area contributed by atoms with E-state index in [1.807, 2.05) is 12.1 Å². The van der Waals surface area contributed by atoms with E-state index in [1.54, 1.807) is 7.05 Å². The Hall–Kier alpha value is -1.22. The molecule has 0 aliphatic carbocycles. The van der Waals surface area contributed by atoms with Gasteiger partial charge in [0.25, 0.3) is 0 Å². The quantitative estimate of drug-likeness (QED) is 0.726. The summed E-state index contributed by atoms with van der Waals surface area (Å²) in [5.74, 6) is 0.836. The van der Waals surface area contributed by atoms with E-state index in [0.29, 0.717) is 0 Å². The molecule has 0 bridgehead atoms. The van der Waals surface area contributed by atoms with Crippen LogP contribution in [0.2, 0.25) is 0 Å². The molecule has 78 valence electrons. The minimum Gasteiger partial charge on any atom is -0.409 e. The Kier molecular flexibility index (Phi) is 4.26. The van der Waals surface area contributed by atoms with Gasteiger partial charge in [-0.05, 0) is 38.1 Å². The van der Waals surface area contributed by atoms with Gasteiger partial charge in [-0.2, -0.15) is 5.48 Å². The molecule has 0 aliphatic heterocycles. The fourth-order valence-electron chi connectivity index (χ4n) is 1.43. The molecule has 1 rings (SSSR count). The first-order chi connectivity index (χ1) is 6.81. The second kappa shape index (κ2) is 5.50. The minimum atomic E-state index is 0.836. The molecule has 0 saturated heterocycles. The average Bonchev–Trinajstić information content (AvgIpc) is 2.23. The number of hydroxylamine groups is 1. The van der Waals surface area contributed by atoms with Crippen LogP contribution in [-0.4, -0.2) is 20.1 Å². The monoisotopic (exact) mass is 194 g/mol. The number of nitrogens with zero attached hydrogens (tertiary/aromatic N) is 1. The van der Waals surface area contributed by atoms with Crippen molar-refractivity contribution in [3.8, 4) is 5.75 Å². The Morgan fingerprint density at radius 3 is 2.14 bits per heavy atom. The van der Waals surface area contributed by atoms with E-state index in [9.17, 15) is 0 Å². The molecule has 14 heavy (non-hydrogen) atoms. The smallest absolute Gasteiger partial charge is 0.147 e. The van der Waals surface area contributed by atoms with Crippen molar-refractivity contribution in [2.75, 3.05) is 25.0 Å². The molecule has 0 aliphatic rings. The van der Waals surface area contributed by atoms with E-state index in [0.717, 1.165) is 18.8 Å². The second-order valence-corrected chi connectivity index (χ2v) is 2.97. The second-order valence-electron chi connectivity index (χ2n) is 2.97. The molecule has 1 N–H and O–H groups in total. The molecule has 3 nitrogen and oxygen atoms in total. The van der Waals surface area contributed by atoms with Crippen molar-refractivity contribution in [2.24, 2.45) is 0 Å². The molecular formula is C11H18N2O. The Bertz CT molecular complexity index is 254. The minimum absolute atomic E-state index is 0.836. The Balaban J connectivity index is 2.71. The summed E-state index contributed by atoms with van der Waals surface area (Å²) in [6.07, 6.45) is 0. The third-order valence-electron chi connectivity index (χ3n) is 2.19. The number of benzene rings is 1. The number of rotatable bonds is 5. The van der Waals surface area contributed by atoms with E-state index < -0.39 is 0 Å². The lowest BCUT2D eigenvalue weighted by atomic mass is 10.2. The molecule has 1 aromatic carbocycles. The highest BCUT2D eigenvalue weighted by Gasteiger charge is 2.00. The SMILES string of the molecule is CCN(CC)c1ccc(ONC)cc1. The number of nitrogens with one attached hydrogen (secondary N) is 1. The van der Waals surface area contributed by atoms with Gasteiger partial charge in [-0.25, -0.2) is 0 Å². The molecular weight excluding hydrogens is 176 g/mol. The Morgan fingerprint density at radius 2 is 1.71 bits per heavy atom. The first-order valence-electron chi connectivity index (χ1n) is 5.00. The van der Waals surface area contributed by atoms with Crippen molar-refractivity contribution in [3.05, 3.63) is 24.3 Å². The van der Waals surface area contributed by atoms with Crippen LogP contribution in [0.25, 0.3) is 0 Å². The summed E-state index contributed by atoms with van der Waals surface area (Å²) in [5, 5.41) is 0. The number of anilines is 1. The topological polar surface area (TPSA) is 24.5 Å². The first-order valence-corrected chi connectivity index (χ1v) is 5.00. The van der Waals surface area contributed by atoms with Gasteiger partial charge in [0.2, 0.25) is 0 Å². The van der Waals surface area contributed by atoms with Gasteiger partial charge in [-0.15, -0.1) is 0 Å². The van der Waals surface area contributed by atoms with Crippen molar-refractivity contribution in [3.63, 3.8) is 0 Å². The zero-order chi connectivity index (χ0) is 10.4. The lowest BCUT2D eigenvalue weighted by Crippen LogP contribution is -2.21. The van der Waals surface area contributed by atoms with Gasteiger partial charge in [0.05, 0.1) is 0 Å². The third-order valence-corrected chi connectivity index (χ3v) is 2.19. The highest BCUT2D eigenvalue weighted by Crippen LogP contribution is 2.18. The summed E-state index contributed by atoms with van der Waals surface area (Å²) >= 11 is 0. The van der Waals surface area contributed by atoms with Crippen LogP contribution in [0.15, 0.2) is 24.3 Å². The van der Waals surface area contributed by atoms with Gasteiger partial charge in [-0.3, -0.25) is 0 Å². The molecule has 3 heteroatoms. The van der Waals surface area contributed by atoms with Crippen molar-refractivity contribution in [1.29, 1.82) is 0 Å². The van der Waals surface area contributed by atoms with Crippen LogP contribution in [0.4, 0.5) is 5.69 Å². The molecule has 0 unspecified atom stereocenters. The average molecular weight is 194 g/mol. The van der Waals surface area contributed by atoms with E-state index in [2.05, 4.69) is 36.4 Å². The lowest BCUT2D eigenvalue weighted by Gasteiger charge is -2.20. The van der Waals surface area contributed by atoms with E-state index in [1.165, 1.54) is 5.69 Å². The zero-order valence-corrected chi connectivity index (χ0v) is 9.08. The highest BCUT2D eigenvalue weighted by atomic mass is 16.6. The summed E-state index contributed by atoms with van der Waals surface area (Å²) in [5.41, 5.74) is 3.88. The standard InChI is InChI=1S/C11H18N2O/c1-4-13(5-2)10-6-8-11(9-7-10)14-12-3/h6-9,12H,4-5H2,1-3H3. The van der Waals surface area contributed by atoms with Crippen LogP contribution in [0, 0.1) is 0 Å². The van der Waals surface area contributed by atoms with Crippen molar-refractivity contribution in [2.45, 2.75) is 13.8 Å². The molecule has 0 radical (unpaired) electrons. The van der Waals surface area contributed by atoms with Crippen molar-refractivity contribution >= 4 is 5.69 Å². The number of hydrogen-bond donors (Lipinski definition) is 1. The van der Waals surface area contributed by atoms with Crippen LogP contribution >= 0.6 is 0 Å². The van der Waals surface area contributed by atoms with Crippen molar-refractivity contribution < 1.29 is 4.84 Å². The van der Waals surface area contributed by atoms with Gasteiger partial charge in [0, 0.05) is 25.8 Å². The molecule has 0 amide bonds. The van der Waals surface area contributed by atoms with Gasteiger partial charge in [-0.1, -0.05) is 0 Å². The Morgan fingerprint density at radius 1 is 1.14 bits per heavy atom. The normalized spacial score (nSPS) is 9.93.